The Kier molecular flexibility index (Phi) is 4.00. The highest BCUT2D eigenvalue weighted by atomic mass is 32.2. The molecule has 0 radical (unpaired) electrons. The SMILES string of the molecule is Cc1cc(-c2ccc(C#N)cc2)c(-c2ccc(S(C)(=O)=O)cc2)[nH]1. The molecule has 0 spiro atoms. The summed E-state index contributed by atoms with van der Waals surface area (Å²) in [5.41, 5.74) is 5.48. The van der Waals surface area contributed by atoms with Gasteiger partial charge in [0, 0.05) is 17.5 Å². The molecule has 1 aromatic heterocycles. The van der Waals surface area contributed by atoms with E-state index < -0.39 is 9.84 Å². The van der Waals surface area contributed by atoms with Gasteiger partial charge in [-0.3, -0.25) is 0 Å². The first-order valence-corrected chi connectivity index (χ1v) is 9.28. The topological polar surface area (TPSA) is 73.7 Å². The molecule has 2 aromatic carbocycles. The van der Waals surface area contributed by atoms with Gasteiger partial charge in [-0.15, -0.1) is 0 Å². The standard InChI is InChI=1S/C19H16N2O2S/c1-13-11-18(15-5-3-14(12-20)4-6-15)19(21-13)16-7-9-17(10-8-16)24(2,22)23/h3-11,21H,1-2H3. The lowest BCUT2D eigenvalue weighted by Gasteiger charge is -2.06. The molecule has 0 bridgehead atoms. The zero-order valence-electron chi connectivity index (χ0n) is 13.4. The molecule has 0 saturated carbocycles. The molecule has 3 rings (SSSR count). The van der Waals surface area contributed by atoms with Crippen LogP contribution in [0.3, 0.4) is 0 Å². The molecule has 0 fully saturated rings. The van der Waals surface area contributed by atoms with Crippen molar-refractivity contribution in [1.29, 1.82) is 5.26 Å². The smallest absolute Gasteiger partial charge is 0.175 e. The van der Waals surface area contributed by atoms with Gasteiger partial charge >= 0.3 is 0 Å². The molecule has 0 aliphatic carbocycles. The fraction of sp³-hybridized carbons (Fsp3) is 0.105. The lowest BCUT2D eigenvalue weighted by molar-refractivity contribution is 0.602. The van der Waals surface area contributed by atoms with Crippen molar-refractivity contribution in [2.45, 2.75) is 11.8 Å². The normalized spacial score (nSPS) is 11.2. The van der Waals surface area contributed by atoms with Gasteiger partial charge in [0.05, 0.1) is 22.2 Å². The van der Waals surface area contributed by atoms with Gasteiger partial charge in [-0.25, -0.2) is 8.42 Å². The van der Waals surface area contributed by atoms with Crippen LogP contribution in [0.5, 0.6) is 0 Å². The maximum absolute atomic E-state index is 11.6. The molecule has 1 heterocycles. The summed E-state index contributed by atoms with van der Waals surface area (Å²) in [4.78, 5) is 3.63. The van der Waals surface area contributed by atoms with Crippen molar-refractivity contribution in [2.24, 2.45) is 0 Å². The van der Waals surface area contributed by atoms with Crippen LogP contribution in [0.4, 0.5) is 0 Å². The zero-order chi connectivity index (χ0) is 17.3. The number of aryl methyl sites for hydroxylation is 1. The van der Waals surface area contributed by atoms with Gasteiger partial charge in [-0.1, -0.05) is 24.3 Å². The highest BCUT2D eigenvalue weighted by Gasteiger charge is 2.12. The summed E-state index contributed by atoms with van der Waals surface area (Å²) in [6, 6.07) is 18.4. The fourth-order valence-corrected chi connectivity index (χ4v) is 3.27. The largest absolute Gasteiger partial charge is 0.358 e. The molecule has 3 aromatic rings. The van der Waals surface area contributed by atoms with Crippen molar-refractivity contribution >= 4 is 9.84 Å². The van der Waals surface area contributed by atoms with Crippen LogP contribution in [-0.2, 0) is 9.84 Å². The highest BCUT2D eigenvalue weighted by molar-refractivity contribution is 7.90. The minimum atomic E-state index is -3.21. The number of nitrogens with zero attached hydrogens (tertiary/aromatic N) is 1. The average molecular weight is 336 g/mol. The number of hydrogen-bond acceptors (Lipinski definition) is 3. The monoisotopic (exact) mass is 336 g/mol. The van der Waals surface area contributed by atoms with E-state index in [-0.39, 0.29) is 0 Å². The molecule has 0 unspecified atom stereocenters. The van der Waals surface area contributed by atoms with Crippen LogP contribution in [0.15, 0.2) is 59.5 Å². The van der Waals surface area contributed by atoms with Crippen molar-refractivity contribution in [2.75, 3.05) is 6.26 Å². The number of aromatic amines is 1. The van der Waals surface area contributed by atoms with Crippen LogP contribution < -0.4 is 0 Å². The van der Waals surface area contributed by atoms with Gasteiger partial charge in [0.25, 0.3) is 0 Å². The molecule has 0 aliphatic heterocycles. The molecule has 1 N–H and O–H groups in total. The second kappa shape index (κ2) is 5.99. The summed E-state index contributed by atoms with van der Waals surface area (Å²) < 4.78 is 23.2. The first kappa shape index (κ1) is 16.0. The summed E-state index contributed by atoms with van der Waals surface area (Å²) in [5, 5.41) is 8.92. The van der Waals surface area contributed by atoms with Gasteiger partial charge in [0.15, 0.2) is 9.84 Å². The van der Waals surface area contributed by atoms with E-state index in [0.717, 1.165) is 28.1 Å². The van der Waals surface area contributed by atoms with Gasteiger partial charge in [0.1, 0.15) is 0 Å². The van der Waals surface area contributed by atoms with E-state index in [0.29, 0.717) is 10.5 Å². The molecule has 120 valence electrons. The minimum absolute atomic E-state index is 0.300. The molecule has 24 heavy (non-hydrogen) atoms. The fourth-order valence-electron chi connectivity index (χ4n) is 2.64. The van der Waals surface area contributed by atoms with E-state index in [1.165, 1.54) is 6.26 Å². The number of aromatic nitrogens is 1. The summed E-state index contributed by atoms with van der Waals surface area (Å²) >= 11 is 0. The molecule has 0 aliphatic rings. The Bertz CT molecular complexity index is 1020. The molecular weight excluding hydrogens is 320 g/mol. The van der Waals surface area contributed by atoms with E-state index >= 15 is 0 Å². The van der Waals surface area contributed by atoms with E-state index in [1.807, 2.05) is 25.1 Å². The Labute approximate surface area is 141 Å². The third-order valence-electron chi connectivity index (χ3n) is 3.85. The number of sulfone groups is 1. The minimum Gasteiger partial charge on any atom is -0.358 e. The molecule has 4 nitrogen and oxygen atoms in total. The number of rotatable bonds is 3. The van der Waals surface area contributed by atoms with Crippen LogP contribution in [0.1, 0.15) is 11.3 Å². The summed E-state index contributed by atoms with van der Waals surface area (Å²) in [5.74, 6) is 0. The van der Waals surface area contributed by atoms with Crippen molar-refractivity contribution in [1.82, 2.24) is 4.98 Å². The summed E-state index contributed by atoms with van der Waals surface area (Å²) in [6.07, 6.45) is 1.20. The van der Waals surface area contributed by atoms with Gasteiger partial charge in [0.2, 0.25) is 0 Å². The second-order valence-electron chi connectivity index (χ2n) is 5.73. The maximum Gasteiger partial charge on any atom is 0.175 e. The Morgan fingerprint density at radius 1 is 0.958 bits per heavy atom. The van der Waals surface area contributed by atoms with E-state index in [9.17, 15) is 8.42 Å². The molecule has 5 heteroatoms. The van der Waals surface area contributed by atoms with Crippen LogP contribution in [-0.4, -0.2) is 19.7 Å². The lowest BCUT2D eigenvalue weighted by atomic mass is 10.0. The van der Waals surface area contributed by atoms with Crippen LogP contribution in [0.25, 0.3) is 22.4 Å². The number of nitriles is 1. The molecular formula is C19H16N2O2S. The quantitative estimate of drug-likeness (QED) is 0.787. The second-order valence-corrected chi connectivity index (χ2v) is 7.74. The van der Waals surface area contributed by atoms with Crippen LogP contribution in [0.2, 0.25) is 0 Å². The third kappa shape index (κ3) is 3.10. The van der Waals surface area contributed by atoms with Crippen molar-refractivity contribution in [3.8, 4) is 28.5 Å². The van der Waals surface area contributed by atoms with Gasteiger partial charge < -0.3 is 4.98 Å². The first-order valence-electron chi connectivity index (χ1n) is 7.39. The number of hydrogen-bond donors (Lipinski definition) is 1. The third-order valence-corrected chi connectivity index (χ3v) is 4.98. The lowest BCUT2D eigenvalue weighted by Crippen LogP contribution is -1.96. The predicted molar refractivity (Wildman–Crippen MR) is 94.2 cm³/mol. The highest BCUT2D eigenvalue weighted by Crippen LogP contribution is 2.33. The number of H-pyrrole nitrogens is 1. The Balaban J connectivity index is 2.07. The number of nitrogens with one attached hydrogen (secondary N) is 1. The van der Waals surface area contributed by atoms with Crippen molar-refractivity contribution < 1.29 is 8.42 Å². The molecule has 0 amide bonds. The Morgan fingerprint density at radius 3 is 2.08 bits per heavy atom. The van der Waals surface area contributed by atoms with E-state index in [2.05, 4.69) is 11.1 Å². The van der Waals surface area contributed by atoms with Gasteiger partial charge in [-0.2, -0.15) is 5.26 Å². The first-order chi connectivity index (χ1) is 11.4. The summed E-state index contributed by atoms with van der Waals surface area (Å²) in [7, 11) is -3.21. The molecule has 0 saturated heterocycles. The zero-order valence-corrected chi connectivity index (χ0v) is 14.2. The van der Waals surface area contributed by atoms with Crippen LogP contribution >= 0.6 is 0 Å². The summed E-state index contributed by atoms with van der Waals surface area (Å²) in [6.45, 7) is 1.97. The van der Waals surface area contributed by atoms with Crippen molar-refractivity contribution in [3.05, 3.63) is 65.9 Å². The van der Waals surface area contributed by atoms with Crippen LogP contribution in [0, 0.1) is 18.3 Å². The van der Waals surface area contributed by atoms with Crippen molar-refractivity contribution in [3.63, 3.8) is 0 Å². The predicted octanol–water partition coefficient (Wildman–Crippen LogP) is 3.93. The Hall–Kier alpha value is -2.84. The average Bonchev–Trinajstić information content (AvgIpc) is 2.96. The molecule has 0 atom stereocenters. The van der Waals surface area contributed by atoms with Gasteiger partial charge in [-0.05, 0) is 48.4 Å². The number of benzene rings is 2. The maximum atomic E-state index is 11.6. The Morgan fingerprint density at radius 2 is 1.54 bits per heavy atom. The van der Waals surface area contributed by atoms with E-state index in [1.54, 1.807) is 36.4 Å². The van der Waals surface area contributed by atoms with E-state index in [4.69, 9.17) is 5.26 Å².